The molecule has 0 aliphatic rings. The molecule has 0 aliphatic carbocycles. The summed E-state index contributed by atoms with van der Waals surface area (Å²) in [5.41, 5.74) is 0.255. The van der Waals surface area contributed by atoms with E-state index in [2.05, 4.69) is 9.64 Å². The third-order valence-electron chi connectivity index (χ3n) is 1.90. The minimum atomic E-state index is -2.06. The number of aromatic nitrogens is 1. The van der Waals surface area contributed by atoms with Gasteiger partial charge in [-0.15, -0.1) is 0 Å². The molecular formula is C9H7BFNO3. The maximum Gasteiger partial charge on any atom is 0.707 e. The molecule has 0 spiro atoms. The smallest absolute Gasteiger partial charge is 0.508 e. The fraction of sp³-hybridized carbons (Fsp3) is 0. The van der Waals surface area contributed by atoms with Crippen LogP contribution in [0.5, 0.6) is 5.75 Å². The first-order valence-corrected chi connectivity index (χ1v) is 4.24. The molecule has 0 unspecified atom stereocenters. The summed E-state index contributed by atoms with van der Waals surface area (Å²) in [5.74, 6) is -0.947. The predicted molar refractivity (Wildman–Crippen MR) is 52.5 cm³/mol. The van der Waals surface area contributed by atoms with Gasteiger partial charge in [0.1, 0.15) is 5.52 Å². The lowest BCUT2D eigenvalue weighted by atomic mass is 10.2. The van der Waals surface area contributed by atoms with E-state index in [9.17, 15) is 4.39 Å². The van der Waals surface area contributed by atoms with Gasteiger partial charge in [-0.25, -0.2) is 4.39 Å². The minimum absolute atomic E-state index is 0.255. The van der Waals surface area contributed by atoms with Crippen molar-refractivity contribution >= 4 is 18.2 Å². The molecular weight excluding hydrogens is 200 g/mol. The van der Waals surface area contributed by atoms with E-state index >= 15 is 0 Å². The van der Waals surface area contributed by atoms with E-state index in [1.54, 1.807) is 12.1 Å². The molecule has 0 atom stereocenters. The summed E-state index contributed by atoms with van der Waals surface area (Å²) in [6.45, 7) is 0. The van der Waals surface area contributed by atoms with Crippen molar-refractivity contribution in [3.05, 3.63) is 36.3 Å². The predicted octanol–water partition coefficient (Wildman–Crippen LogP) is 0.722. The number of pyridine rings is 1. The summed E-state index contributed by atoms with van der Waals surface area (Å²) in [4.78, 5) is 3.91. The molecule has 2 N–H and O–H groups in total. The molecule has 0 radical (unpaired) electrons. The summed E-state index contributed by atoms with van der Waals surface area (Å²) < 4.78 is 17.8. The highest BCUT2D eigenvalue weighted by molar-refractivity contribution is 6.34. The normalized spacial score (nSPS) is 10.3. The van der Waals surface area contributed by atoms with Crippen molar-refractivity contribution < 1.29 is 19.1 Å². The molecule has 2 rings (SSSR count). The molecule has 76 valence electrons. The molecule has 2 aromatic rings. The molecule has 0 saturated carbocycles. The Hall–Kier alpha value is -1.66. The Kier molecular flexibility index (Phi) is 2.53. The van der Waals surface area contributed by atoms with Crippen molar-refractivity contribution in [2.24, 2.45) is 0 Å². The second-order valence-electron chi connectivity index (χ2n) is 2.90. The van der Waals surface area contributed by atoms with Gasteiger partial charge in [0.25, 0.3) is 0 Å². The molecule has 4 nitrogen and oxygen atoms in total. The van der Waals surface area contributed by atoms with Gasteiger partial charge in [-0.05, 0) is 18.2 Å². The lowest BCUT2D eigenvalue weighted by Crippen LogP contribution is -2.21. The van der Waals surface area contributed by atoms with E-state index in [0.717, 1.165) is 0 Å². The van der Waals surface area contributed by atoms with Gasteiger partial charge in [0.2, 0.25) is 0 Å². The third-order valence-corrected chi connectivity index (χ3v) is 1.90. The third kappa shape index (κ3) is 1.90. The zero-order chi connectivity index (χ0) is 10.8. The van der Waals surface area contributed by atoms with Crippen LogP contribution in [0.4, 0.5) is 4.39 Å². The van der Waals surface area contributed by atoms with Crippen LogP contribution in [-0.4, -0.2) is 22.4 Å². The van der Waals surface area contributed by atoms with Crippen molar-refractivity contribution in [3.8, 4) is 5.75 Å². The summed E-state index contributed by atoms with van der Waals surface area (Å²) in [7, 11) is -2.06. The zero-order valence-corrected chi connectivity index (χ0v) is 7.59. The Labute approximate surface area is 85.1 Å². The van der Waals surface area contributed by atoms with Crippen molar-refractivity contribution in [3.63, 3.8) is 0 Å². The van der Waals surface area contributed by atoms with Crippen molar-refractivity contribution in [2.45, 2.75) is 0 Å². The lowest BCUT2D eigenvalue weighted by Gasteiger charge is -2.08. The fourth-order valence-corrected chi connectivity index (χ4v) is 1.31. The largest absolute Gasteiger partial charge is 0.707 e. The van der Waals surface area contributed by atoms with Crippen LogP contribution < -0.4 is 4.65 Å². The van der Waals surface area contributed by atoms with Crippen LogP contribution in [0.2, 0.25) is 0 Å². The van der Waals surface area contributed by atoms with E-state index in [0.29, 0.717) is 5.39 Å². The van der Waals surface area contributed by atoms with E-state index in [1.165, 1.54) is 18.3 Å². The summed E-state index contributed by atoms with van der Waals surface area (Å²) in [5, 5.41) is 17.9. The van der Waals surface area contributed by atoms with E-state index in [1.807, 2.05) is 0 Å². The highest BCUT2D eigenvalue weighted by atomic mass is 19.1. The average molecular weight is 207 g/mol. The van der Waals surface area contributed by atoms with Gasteiger partial charge in [0, 0.05) is 11.6 Å². The summed E-state index contributed by atoms with van der Waals surface area (Å²) in [6, 6.07) is 6.13. The standard InChI is InChI=1S/C9H7BFNO3/c11-7-4-3-6-2-1-5-12-8(6)9(7)15-10(13)14/h1-5,13-14H. The van der Waals surface area contributed by atoms with Gasteiger partial charge in [0.05, 0.1) is 0 Å². The fourth-order valence-electron chi connectivity index (χ4n) is 1.31. The van der Waals surface area contributed by atoms with Crippen LogP contribution in [0.1, 0.15) is 0 Å². The SMILES string of the molecule is OB(O)Oc1c(F)ccc2cccnc12. The molecule has 0 fully saturated rings. The highest BCUT2D eigenvalue weighted by Crippen LogP contribution is 2.26. The van der Waals surface area contributed by atoms with Crippen LogP contribution in [0.15, 0.2) is 30.5 Å². The average Bonchev–Trinajstić information content (AvgIpc) is 2.22. The molecule has 0 bridgehead atoms. The number of benzene rings is 1. The lowest BCUT2D eigenvalue weighted by molar-refractivity contribution is 0.283. The van der Waals surface area contributed by atoms with Crippen LogP contribution in [-0.2, 0) is 0 Å². The number of fused-ring (bicyclic) bond motifs is 1. The molecule has 15 heavy (non-hydrogen) atoms. The summed E-state index contributed by atoms with van der Waals surface area (Å²) >= 11 is 0. The highest BCUT2D eigenvalue weighted by Gasteiger charge is 2.17. The monoisotopic (exact) mass is 207 g/mol. The molecule has 0 saturated heterocycles. The molecule has 0 amide bonds. The van der Waals surface area contributed by atoms with E-state index in [4.69, 9.17) is 10.0 Å². The van der Waals surface area contributed by atoms with E-state index < -0.39 is 13.1 Å². The number of hydrogen-bond donors (Lipinski definition) is 2. The number of rotatable bonds is 2. The number of nitrogens with zero attached hydrogens (tertiary/aromatic N) is 1. The maximum atomic E-state index is 13.3. The van der Waals surface area contributed by atoms with Gasteiger partial charge in [-0.1, -0.05) is 6.07 Å². The van der Waals surface area contributed by atoms with E-state index in [-0.39, 0.29) is 11.3 Å². The quantitative estimate of drug-likeness (QED) is 0.712. The van der Waals surface area contributed by atoms with Crippen molar-refractivity contribution in [1.29, 1.82) is 0 Å². The maximum absolute atomic E-state index is 13.3. The molecule has 1 aromatic heterocycles. The Balaban J connectivity index is 2.63. The molecule has 1 heterocycles. The number of hydrogen-bond acceptors (Lipinski definition) is 4. The first kappa shape index (κ1) is 9.88. The second kappa shape index (κ2) is 3.84. The Morgan fingerprint density at radius 2 is 2.07 bits per heavy atom. The van der Waals surface area contributed by atoms with Gasteiger partial charge >= 0.3 is 7.32 Å². The molecule has 0 aliphatic heterocycles. The van der Waals surface area contributed by atoms with Gasteiger partial charge in [-0.3, -0.25) is 4.98 Å². The van der Waals surface area contributed by atoms with Crippen LogP contribution >= 0.6 is 0 Å². The van der Waals surface area contributed by atoms with Gasteiger partial charge < -0.3 is 14.7 Å². The zero-order valence-electron chi connectivity index (χ0n) is 7.59. The van der Waals surface area contributed by atoms with Crippen LogP contribution in [0, 0.1) is 5.82 Å². The first-order chi connectivity index (χ1) is 7.18. The second-order valence-corrected chi connectivity index (χ2v) is 2.90. The Morgan fingerprint density at radius 3 is 2.80 bits per heavy atom. The number of halogens is 1. The topological polar surface area (TPSA) is 62.6 Å². The molecule has 6 heteroatoms. The Bertz CT molecular complexity index is 492. The van der Waals surface area contributed by atoms with Crippen molar-refractivity contribution in [2.75, 3.05) is 0 Å². The minimum Gasteiger partial charge on any atom is -0.508 e. The van der Waals surface area contributed by atoms with Crippen LogP contribution in [0.3, 0.4) is 0 Å². The van der Waals surface area contributed by atoms with Gasteiger partial charge in [-0.2, -0.15) is 0 Å². The first-order valence-electron chi connectivity index (χ1n) is 4.24. The van der Waals surface area contributed by atoms with Crippen LogP contribution in [0.25, 0.3) is 10.9 Å². The Morgan fingerprint density at radius 1 is 1.27 bits per heavy atom. The summed E-state index contributed by atoms with van der Waals surface area (Å²) in [6.07, 6.45) is 1.47. The van der Waals surface area contributed by atoms with Crippen molar-refractivity contribution in [1.82, 2.24) is 4.98 Å². The molecule has 1 aromatic carbocycles. The van der Waals surface area contributed by atoms with Gasteiger partial charge in [0.15, 0.2) is 11.6 Å².